The maximum atomic E-state index is 8.34. The lowest BCUT2D eigenvalue weighted by molar-refractivity contribution is 0.641. The molecule has 0 atom stereocenters. The van der Waals surface area contributed by atoms with Crippen LogP contribution in [0.25, 0.3) is 0 Å². The molecule has 0 amide bonds. The topological polar surface area (TPSA) is 41.6 Å². The number of rotatable bonds is 3. The third-order valence-corrected chi connectivity index (χ3v) is 4.37. The van der Waals surface area contributed by atoms with Crippen molar-refractivity contribution in [3.8, 4) is 6.07 Å². The van der Waals surface area contributed by atoms with Gasteiger partial charge >= 0.3 is 0 Å². The fourth-order valence-corrected chi connectivity index (χ4v) is 1.77. The predicted octanol–water partition coefficient (Wildman–Crippen LogP) is 2.40. The monoisotopic (exact) mass is 387 g/mol. The van der Waals surface area contributed by atoms with E-state index in [0.717, 1.165) is 20.4 Å². The maximum Gasteiger partial charge on any atom is 0.132 e. The van der Waals surface area contributed by atoms with Crippen LogP contribution in [0.2, 0.25) is 0 Å². The summed E-state index contributed by atoms with van der Waals surface area (Å²) in [6.45, 7) is 0.891. The average Bonchev–Trinajstić information content (AvgIpc) is 2.36. The number of aromatic nitrogens is 2. The Balaban J connectivity index is 2.53. The number of hydrogen-bond donors (Lipinski definition) is 0. The molecule has 0 spiro atoms. The molecular formula is C7H7I2N3. The van der Waals surface area contributed by atoms with E-state index in [4.69, 9.17) is 5.26 Å². The number of nitriles is 1. The van der Waals surface area contributed by atoms with Crippen LogP contribution >= 0.6 is 45.2 Å². The van der Waals surface area contributed by atoms with Gasteiger partial charge in [0.2, 0.25) is 0 Å². The smallest absolute Gasteiger partial charge is 0.132 e. The second-order valence-electron chi connectivity index (χ2n) is 2.28. The van der Waals surface area contributed by atoms with Crippen LogP contribution in [-0.2, 0) is 6.54 Å². The third-order valence-electron chi connectivity index (χ3n) is 1.42. The van der Waals surface area contributed by atoms with Crippen molar-refractivity contribution in [2.24, 2.45) is 0 Å². The van der Waals surface area contributed by atoms with Crippen LogP contribution in [0.4, 0.5) is 0 Å². The van der Waals surface area contributed by atoms with E-state index in [1.54, 1.807) is 0 Å². The molecule has 0 N–H and O–H groups in total. The minimum absolute atomic E-state index is 0.616. The van der Waals surface area contributed by atoms with Gasteiger partial charge < -0.3 is 4.57 Å². The molecule has 0 unspecified atom stereocenters. The van der Waals surface area contributed by atoms with Crippen LogP contribution in [0, 0.1) is 18.7 Å². The fourth-order valence-electron chi connectivity index (χ4n) is 0.827. The standard InChI is InChI=1S/C7H7I2N3/c8-6-7(9)12(5-11-6)4-2-1-3-10/h5H,1-2,4H2. The zero-order valence-electron chi connectivity index (χ0n) is 6.30. The molecule has 0 saturated carbocycles. The molecule has 1 aromatic rings. The molecule has 0 aromatic carbocycles. The SMILES string of the molecule is N#CCCCn1cnc(I)c1I. The summed E-state index contributed by atoms with van der Waals surface area (Å²) in [5.74, 6) is 0. The lowest BCUT2D eigenvalue weighted by atomic mass is 10.3. The molecule has 0 fully saturated rings. The third kappa shape index (κ3) is 2.58. The average molecular weight is 387 g/mol. The van der Waals surface area contributed by atoms with Crippen LogP contribution in [0.5, 0.6) is 0 Å². The lowest BCUT2D eigenvalue weighted by Crippen LogP contribution is -1.98. The molecule has 0 radical (unpaired) electrons. The molecule has 3 nitrogen and oxygen atoms in total. The van der Waals surface area contributed by atoms with E-state index in [1.807, 2.05) is 6.33 Å². The van der Waals surface area contributed by atoms with E-state index < -0.39 is 0 Å². The van der Waals surface area contributed by atoms with Crippen LogP contribution in [0.1, 0.15) is 12.8 Å². The summed E-state index contributed by atoms with van der Waals surface area (Å²) in [4.78, 5) is 4.15. The van der Waals surface area contributed by atoms with Crippen molar-refractivity contribution in [1.29, 1.82) is 5.26 Å². The molecule has 1 heterocycles. The van der Waals surface area contributed by atoms with Crippen molar-refractivity contribution in [3.63, 3.8) is 0 Å². The fraction of sp³-hybridized carbons (Fsp3) is 0.429. The molecule has 1 aromatic heterocycles. The summed E-state index contributed by atoms with van der Waals surface area (Å²) in [6, 6.07) is 2.13. The molecule has 0 bridgehead atoms. The first-order chi connectivity index (χ1) is 5.75. The van der Waals surface area contributed by atoms with Gasteiger partial charge in [-0.25, -0.2) is 4.98 Å². The first kappa shape index (κ1) is 10.2. The molecule has 64 valence electrons. The van der Waals surface area contributed by atoms with Crippen LogP contribution in [0.3, 0.4) is 0 Å². The molecular weight excluding hydrogens is 380 g/mol. The van der Waals surface area contributed by atoms with Gasteiger partial charge in [0, 0.05) is 13.0 Å². The first-order valence-electron chi connectivity index (χ1n) is 3.48. The number of unbranched alkanes of at least 4 members (excludes halogenated alkanes) is 1. The van der Waals surface area contributed by atoms with E-state index in [9.17, 15) is 0 Å². The minimum Gasteiger partial charge on any atom is -0.325 e. The van der Waals surface area contributed by atoms with E-state index in [0.29, 0.717) is 6.42 Å². The molecule has 1 rings (SSSR count). The molecule has 0 saturated heterocycles. The summed E-state index contributed by atoms with van der Waals surface area (Å²) in [5.41, 5.74) is 0. The van der Waals surface area contributed by atoms with Crippen molar-refractivity contribution in [2.45, 2.75) is 19.4 Å². The second kappa shape index (κ2) is 5.01. The molecule has 5 heteroatoms. The zero-order chi connectivity index (χ0) is 8.97. The Morgan fingerprint density at radius 2 is 2.33 bits per heavy atom. The quantitative estimate of drug-likeness (QED) is 0.591. The van der Waals surface area contributed by atoms with Gasteiger partial charge in [-0.05, 0) is 51.6 Å². The highest BCUT2D eigenvalue weighted by Gasteiger charge is 2.03. The highest BCUT2D eigenvalue weighted by Crippen LogP contribution is 2.13. The summed E-state index contributed by atoms with van der Waals surface area (Å²) in [7, 11) is 0. The van der Waals surface area contributed by atoms with Crippen molar-refractivity contribution in [2.75, 3.05) is 0 Å². The minimum atomic E-state index is 0.616. The number of hydrogen-bond acceptors (Lipinski definition) is 2. The largest absolute Gasteiger partial charge is 0.325 e. The Bertz CT molecular complexity index is 300. The van der Waals surface area contributed by atoms with Gasteiger partial charge in [0.15, 0.2) is 0 Å². The van der Waals surface area contributed by atoms with Crippen molar-refractivity contribution in [1.82, 2.24) is 9.55 Å². The Morgan fingerprint density at radius 3 is 2.83 bits per heavy atom. The number of aryl methyl sites for hydroxylation is 1. The van der Waals surface area contributed by atoms with Crippen molar-refractivity contribution in [3.05, 3.63) is 13.7 Å². The first-order valence-corrected chi connectivity index (χ1v) is 5.64. The van der Waals surface area contributed by atoms with Gasteiger partial charge in [0.05, 0.1) is 12.4 Å². The van der Waals surface area contributed by atoms with Gasteiger partial charge in [0.1, 0.15) is 7.40 Å². The Kier molecular flexibility index (Phi) is 4.28. The number of imidazole rings is 1. The molecule has 12 heavy (non-hydrogen) atoms. The van der Waals surface area contributed by atoms with Gasteiger partial charge in [0.25, 0.3) is 0 Å². The van der Waals surface area contributed by atoms with Gasteiger partial charge in [-0.1, -0.05) is 0 Å². The summed E-state index contributed by atoms with van der Waals surface area (Å²) in [6.07, 6.45) is 3.34. The Morgan fingerprint density at radius 1 is 1.58 bits per heavy atom. The number of halogens is 2. The van der Waals surface area contributed by atoms with Gasteiger partial charge in [-0.3, -0.25) is 0 Å². The Labute approximate surface area is 98.4 Å². The molecule has 0 aliphatic rings. The highest BCUT2D eigenvalue weighted by atomic mass is 127. The molecule has 0 aliphatic heterocycles. The van der Waals surface area contributed by atoms with Crippen LogP contribution in [-0.4, -0.2) is 9.55 Å². The Hall–Kier alpha value is 0.160. The summed E-state index contributed by atoms with van der Waals surface area (Å²) < 4.78 is 4.26. The normalized spacial score (nSPS) is 9.75. The van der Waals surface area contributed by atoms with E-state index >= 15 is 0 Å². The summed E-state index contributed by atoms with van der Waals surface area (Å²) in [5, 5.41) is 8.34. The second-order valence-corrected chi connectivity index (χ2v) is 4.32. The van der Waals surface area contributed by atoms with E-state index in [-0.39, 0.29) is 0 Å². The zero-order valence-corrected chi connectivity index (χ0v) is 10.6. The maximum absolute atomic E-state index is 8.34. The lowest BCUT2D eigenvalue weighted by Gasteiger charge is -2.00. The highest BCUT2D eigenvalue weighted by molar-refractivity contribution is 14.1. The van der Waals surface area contributed by atoms with Gasteiger partial charge in [-0.15, -0.1) is 0 Å². The van der Waals surface area contributed by atoms with E-state index in [1.165, 1.54) is 0 Å². The van der Waals surface area contributed by atoms with Crippen molar-refractivity contribution >= 4 is 45.2 Å². The predicted molar refractivity (Wildman–Crippen MR) is 62.5 cm³/mol. The van der Waals surface area contributed by atoms with Crippen LogP contribution < -0.4 is 0 Å². The summed E-state index contributed by atoms with van der Waals surface area (Å²) >= 11 is 4.46. The molecule has 0 aliphatic carbocycles. The van der Waals surface area contributed by atoms with E-state index in [2.05, 4.69) is 60.8 Å². The van der Waals surface area contributed by atoms with Gasteiger partial charge in [-0.2, -0.15) is 5.26 Å². The number of nitrogens with zero attached hydrogens (tertiary/aromatic N) is 3. The van der Waals surface area contributed by atoms with Crippen LogP contribution in [0.15, 0.2) is 6.33 Å². The van der Waals surface area contributed by atoms with Crippen molar-refractivity contribution < 1.29 is 0 Å².